The second-order valence-electron chi connectivity index (χ2n) is 2.33. The van der Waals surface area contributed by atoms with Gasteiger partial charge in [-0.05, 0) is 13.8 Å². The highest BCUT2D eigenvalue weighted by Crippen LogP contribution is 2.09. The number of ether oxygens (including phenoxy) is 1. The monoisotopic (exact) mass is 155 g/mol. The average molecular weight is 155 g/mol. The van der Waals surface area contributed by atoms with E-state index in [9.17, 15) is 0 Å². The topological polar surface area (TPSA) is 53.1 Å². The minimum Gasteiger partial charge on any atom is -0.491 e. The second-order valence-corrected chi connectivity index (χ2v) is 2.33. The van der Waals surface area contributed by atoms with Gasteiger partial charge in [-0.25, -0.2) is 0 Å². The molecule has 0 bridgehead atoms. The molecule has 62 valence electrons. The fraction of sp³-hybridized carbons (Fsp3) is 0.571. The van der Waals surface area contributed by atoms with Crippen molar-refractivity contribution in [2.45, 2.75) is 20.0 Å². The molecule has 1 unspecified atom stereocenters. The molecule has 1 aromatic rings. The molecule has 11 heavy (non-hydrogen) atoms. The summed E-state index contributed by atoms with van der Waals surface area (Å²) in [6.45, 7) is 4.45. The summed E-state index contributed by atoms with van der Waals surface area (Å²) < 4.78 is 6.86. The number of hydrogen-bond acceptors (Lipinski definition) is 3. The maximum absolute atomic E-state index is 5.57. The van der Waals surface area contributed by atoms with Gasteiger partial charge in [0.15, 0.2) is 5.75 Å². The zero-order valence-corrected chi connectivity index (χ0v) is 6.82. The molecule has 1 atom stereocenters. The lowest BCUT2D eigenvalue weighted by molar-refractivity contribution is 0.339. The van der Waals surface area contributed by atoms with Crippen LogP contribution in [-0.4, -0.2) is 16.4 Å². The maximum Gasteiger partial charge on any atom is 0.157 e. The Morgan fingerprint density at radius 3 is 3.00 bits per heavy atom. The first kappa shape index (κ1) is 8.07. The molecule has 0 spiro atoms. The Hall–Kier alpha value is -1.03. The molecule has 0 radical (unpaired) electrons. The third-order valence-electron chi connectivity index (χ3n) is 1.31. The molecule has 0 aliphatic heterocycles. The van der Waals surface area contributed by atoms with Crippen molar-refractivity contribution in [3.8, 4) is 5.75 Å². The van der Waals surface area contributed by atoms with Crippen LogP contribution in [0.15, 0.2) is 12.4 Å². The summed E-state index contributed by atoms with van der Waals surface area (Å²) in [6, 6.07) is 0. The van der Waals surface area contributed by atoms with E-state index >= 15 is 0 Å². The molecular formula is C7H13N3O. The van der Waals surface area contributed by atoms with E-state index in [4.69, 9.17) is 10.5 Å². The van der Waals surface area contributed by atoms with Crippen LogP contribution in [0.2, 0.25) is 0 Å². The summed E-state index contributed by atoms with van der Waals surface area (Å²) in [5.74, 6) is 0.768. The Morgan fingerprint density at radius 2 is 2.55 bits per heavy atom. The number of hydrogen-bond donors (Lipinski definition) is 1. The van der Waals surface area contributed by atoms with Gasteiger partial charge in [0.05, 0.1) is 25.2 Å². The molecule has 1 aromatic heterocycles. The molecule has 2 N–H and O–H groups in total. The Morgan fingerprint density at radius 1 is 1.82 bits per heavy atom. The van der Waals surface area contributed by atoms with E-state index in [0.717, 1.165) is 5.75 Å². The zero-order chi connectivity index (χ0) is 8.27. The van der Waals surface area contributed by atoms with E-state index in [1.807, 2.05) is 13.8 Å². The van der Waals surface area contributed by atoms with Crippen molar-refractivity contribution < 1.29 is 4.74 Å². The van der Waals surface area contributed by atoms with E-state index in [1.165, 1.54) is 0 Å². The molecule has 0 aliphatic carbocycles. The van der Waals surface area contributed by atoms with Gasteiger partial charge in [-0.15, -0.1) is 0 Å². The lowest BCUT2D eigenvalue weighted by Gasteiger charge is -2.02. The van der Waals surface area contributed by atoms with E-state index in [-0.39, 0.29) is 6.17 Å². The van der Waals surface area contributed by atoms with Crippen molar-refractivity contribution in [3.63, 3.8) is 0 Å². The fourth-order valence-electron chi connectivity index (χ4n) is 0.785. The summed E-state index contributed by atoms with van der Waals surface area (Å²) in [5, 5.41) is 4.00. The highest BCUT2D eigenvalue weighted by Gasteiger charge is 2.00. The molecular weight excluding hydrogens is 142 g/mol. The van der Waals surface area contributed by atoms with Crippen molar-refractivity contribution in [3.05, 3.63) is 12.4 Å². The van der Waals surface area contributed by atoms with Crippen LogP contribution in [0.1, 0.15) is 20.0 Å². The predicted molar refractivity (Wildman–Crippen MR) is 42.3 cm³/mol. The average Bonchev–Trinajstić information content (AvgIpc) is 2.37. The highest BCUT2D eigenvalue weighted by molar-refractivity contribution is 5.11. The van der Waals surface area contributed by atoms with Gasteiger partial charge in [0.1, 0.15) is 0 Å². The van der Waals surface area contributed by atoms with Gasteiger partial charge in [-0.2, -0.15) is 5.10 Å². The second kappa shape index (κ2) is 3.39. The lowest BCUT2D eigenvalue weighted by Crippen LogP contribution is -2.14. The number of nitrogens with zero attached hydrogens (tertiary/aromatic N) is 2. The third kappa shape index (κ3) is 1.94. The predicted octanol–water partition coefficient (Wildman–Crippen LogP) is 0.759. The summed E-state index contributed by atoms with van der Waals surface area (Å²) in [7, 11) is 0. The Labute approximate surface area is 66.0 Å². The molecule has 1 rings (SSSR count). The van der Waals surface area contributed by atoms with Gasteiger partial charge in [0.25, 0.3) is 0 Å². The van der Waals surface area contributed by atoms with E-state index in [1.54, 1.807) is 17.1 Å². The normalized spacial score (nSPS) is 13.0. The van der Waals surface area contributed by atoms with Crippen LogP contribution in [0.5, 0.6) is 5.75 Å². The molecule has 4 nitrogen and oxygen atoms in total. The van der Waals surface area contributed by atoms with Crippen LogP contribution in [0.4, 0.5) is 0 Å². The third-order valence-corrected chi connectivity index (χ3v) is 1.31. The largest absolute Gasteiger partial charge is 0.491 e. The Bertz CT molecular complexity index is 219. The SMILES string of the molecule is CCOc1cnn(C(C)N)c1. The molecule has 1 heterocycles. The fourth-order valence-corrected chi connectivity index (χ4v) is 0.785. The molecule has 0 amide bonds. The van der Waals surface area contributed by atoms with E-state index in [0.29, 0.717) is 6.61 Å². The van der Waals surface area contributed by atoms with Gasteiger partial charge in [-0.1, -0.05) is 0 Å². The van der Waals surface area contributed by atoms with Crippen molar-refractivity contribution >= 4 is 0 Å². The van der Waals surface area contributed by atoms with E-state index < -0.39 is 0 Å². The first-order chi connectivity index (χ1) is 5.24. The van der Waals surface area contributed by atoms with Gasteiger partial charge >= 0.3 is 0 Å². The molecule has 4 heteroatoms. The summed E-state index contributed by atoms with van der Waals surface area (Å²) in [5.41, 5.74) is 5.57. The van der Waals surface area contributed by atoms with Crippen LogP contribution in [0, 0.1) is 0 Å². The van der Waals surface area contributed by atoms with Crippen LogP contribution < -0.4 is 10.5 Å². The van der Waals surface area contributed by atoms with Gasteiger partial charge in [0, 0.05) is 0 Å². The summed E-state index contributed by atoms with van der Waals surface area (Å²) >= 11 is 0. The summed E-state index contributed by atoms with van der Waals surface area (Å²) in [4.78, 5) is 0. The van der Waals surface area contributed by atoms with Gasteiger partial charge in [0.2, 0.25) is 0 Å². The number of rotatable bonds is 3. The van der Waals surface area contributed by atoms with E-state index in [2.05, 4.69) is 5.10 Å². The highest BCUT2D eigenvalue weighted by atomic mass is 16.5. The smallest absolute Gasteiger partial charge is 0.157 e. The van der Waals surface area contributed by atoms with Crippen molar-refractivity contribution in [2.75, 3.05) is 6.61 Å². The lowest BCUT2D eigenvalue weighted by atomic mass is 10.6. The number of nitrogens with two attached hydrogens (primary N) is 1. The quantitative estimate of drug-likeness (QED) is 0.701. The van der Waals surface area contributed by atoms with Crippen molar-refractivity contribution in [2.24, 2.45) is 5.73 Å². The Balaban J connectivity index is 2.66. The van der Waals surface area contributed by atoms with Crippen LogP contribution in [0.25, 0.3) is 0 Å². The van der Waals surface area contributed by atoms with Gasteiger partial charge in [-0.3, -0.25) is 4.68 Å². The molecule has 0 saturated heterocycles. The van der Waals surface area contributed by atoms with Gasteiger partial charge < -0.3 is 10.5 Å². The molecule has 0 aromatic carbocycles. The number of aromatic nitrogens is 2. The molecule has 0 aliphatic rings. The standard InChI is InChI=1S/C7H13N3O/c1-3-11-7-4-9-10(5-7)6(2)8/h4-6H,3,8H2,1-2H3. The first-order valence-electron chi connectivity index (χ1n) is 3.66. The van der Waals surface area contributed by atoms with Crippen molar-refractivity contribution in [1.29, 1.82) is 0 Å². The van der Waals surface area contributed by atoms with Crippen LogP contribution in [0.3, 0.4) is 0 Å². The van der Waals surface area contributed by atoms with Crippen LogP contribution in [-0.2, 0) is 0 Å². The van der Waals surface area contributed by atoms with Crippen LogP contribution >= 0.6 is 0 Å². The molecule has 0 fully saturated rings. The zero-order valence-electron chi connectivity index (χ0n) is 6.82. The summed E-state index contributed by atoms with van der Waals surface area (Å²) in [6.07, 6.45) is 3.35. The minimum absolute atomic E-state index is 0.0933. The Kier molecular flexibility index (Phi) is 2.48. The minimum atomic E-state index is -0.0933. The first-order valence-corrected chi connectivity index (χ1v) is 3.66. The maximum atomic E-state index is 5.57. The molecule has 0 saturated carbocycles. The van der Waals surface area contributed by atoms with Crippen molar-refractivity contribution in [1.82, 2.24) is 9.78 Å².